The zero-order chi connectivity index (χ0) is 45.4. The average molecular weight is 904 g/mol. The van der Waals surface area contributed by atoms with Gasteiger partial charge in [0.1, 0.15) is 34.5 Å². The molecule has 0 radical (unpaired) electrons. The summed E-state index contributed by atoms with van der Waals surface area (Å²) in [6, 6.07) is 31.4. The third kappa shape index (κ3) is 12.1. The van der Waals surface area contributed by atoms with Crippen molar-refractivity contribution in [2.24, 2.45) is 0 Å². The number of alkyl halides is 6. The summed E-state index contributed by atoms with van der Waals surface area (Å²) in [5.41, 5.74) is 6.77. The molecule has 2 N–H and O–H groups in total. The number of ether oxygens (including phenoxy) is 2. The molecule has 0 aliphatic carbocycles. The van der Waals surface area contributed by atoms with Crippen LogP contribution in [0, 0.1) is 6.92 Å². The normalized spacial score (nSPS) is 13.4. The molecule has 1 fully saturated rings. The first kappa shape index (κ1) is 45.5. The first-order chi connectivity index (χ1) is 30.6. The van der Waals surface area contributed by atoms with Crippen LogP contribution in [0.2, 0.25) is 5.02 Å². The molecule has 64 heavy (non-hydrogen) atoms. The van der Waals surface area contributed by atoms with Crippen LogP contribution in [0.1, 0.15) is 64.4 Å². The van der Waals surface area contributed by atoms with Gasteiger partial charge in [0.05, 0.1) is 16.2 Å². The molecule has 0 unspecified atom stereocenters. The van der Waals surface area contributed by atoms with Gasteiger partial charge in [0.2, 0.25) is 0 Å². The number of amides is 1. The number of imidazole rings is 1. The van der Waals surface area contributed by atoms with E-state index in [1.165, 1.54) is 24.3 Å². The summed E-state index contributed by atoms with van der Waals surface area (Å²) < 4.78 is 83.2. The minimum Gasteiger partial charge on any atom is -0.406 e. The molecule has 4 heterocycles. The van der Waals surface area contributed by atoms with Crippen molar-refractivity contribution in [3.63, 3.8) is 0 Å². The Morgan fingerprint density at radius 3 is 2.05 bits per heavy atom. The molecule has 1 amide bonds. The van der Waals surface area contributed by atoms with Gasteiger partial charge in [-0.1, -0.05) is 67.1 Å². The largest absolute Gasteiger partial charge is 0.573 e. The third-order valence-electron chi connectivity index (χ3n) is 10.6. The van der Waals surface area contributed by atoms with Crippen LogP contribution in [0.3, 0.4) is 0 Å². The Kier molecular flexibility index (Phi) is 14.1. The first-order valence-electron chi connectivity index (χ1n) is 20.6. The van der Waals surface area contributed by atoms with E-state index >= 15 is 0 Å². The van der Waals surface area contributed by atoms with Gasteiger partial charge < -0.3 is 25.0 Å². The van der Waals surface area contributed by atoms with Crippen LogP contribution in [0.4, 0.5) is 37.8 Å². The van der Waals surface area contributed by atoms with Crippen molar-refractivity contribution < 1.29 is 40.6 Å². The lowest BCUT2D eigenvalue weighted by Gasteiger charge is -2.34. The van der Waals surface area contributed by atoms with Crippen LogP contribution < -0.4 is 25.0 Å². The van der Waals surface area contributed by atoms with Crippen LogP contribution in [-0.4, -0.2) is 57.6 Å². The molecule has 334 valence electrons. The topological polar surface area (TPSA) is 106 Å². The summed E-state index contributed by atoms with van der Waals surface area (Å²) in [4.78, 5) is 28.7. The summed E-state index contributed by atoms with van der Waals surface area (Å²) in [6.45, 7) is 6.46. The monoisotopic (exact) mass is 903 g/mol. The highest BCUT2D eigenvalue weighted by molar-refractivity contribution is 6.30. The van der Waals surface area contributed by atoms with E-state index in [-0.39, 0.29) is 23.3 Å². The van der Waals surface area contributed by atoms with E-state index in [2.05, 4.69) is 52.1 Å². The molecular weight excluding hydrogens is 860 g/mol. The lowest BCUT2D eigenvalue weighted by molar-refractivity contribution is -0.275. The van der Waals surface area contributed by atoms with Gasteiger partial charge in [-0.15, -0.1) is 26.3 Å². The first-order valence-corrected chi connectivity index (χ1v) is 20.9. The summed E-state index contributed by atoms with van der Waals surface area (Å²) in [6.07, 6.45) is -4.58. The Balaban J connectivity index is 0.000000211. The molecule has 0 saturated carbocycles. The zero-order valence-corrected chi connectivity index (χ0v) is 35.6. The summed E-state index contributed by atoms with van der Waals surface area (Å²) in [7, 11) is 0. The fourth-order valence-corrected chi connectivity index (χ4v) is 7.73. The lowest BCUT2D eigenvalue weighted by Crippen LogP contribution is -2.32. The second-order valence-corrected chi connectivity index (χ2v) is 15.5. The number of carbonyl (C=O) groups excluding carboxylic acids is 1. The average Bonchev–Trinajstić information content (AvgIpc) is 3.64. The van der Waals surface area contributed by atoms with Gasteiger partial charge in [-0.05, 0) is 116 Å². The second kappa shape index (κ2) is 19.9. The number of nitrogens with zero attached hydrogens (tertiary/aromatic N) is 5. The van der Waals surface area contributed by atoms with Gasteiger partial charge in [-0.25, -0.2) is 15.0 Å². The number of pyridine rings is 1. The number of anilines is 2. The highest BCUT2D eigenvalue weighted by Gasteiger charge is 2.32. The molecule has 0 spiro atoms. The molecule has 17 heteroatoms. The maximum absolute atomic E-state index is 13.0. The number of halogens is 7. The van der Waals surface area contributed by atoms with Gasteiger partial charge in [0, 0.05) is 43.4 Å². The number of aromatic nitrogens is 4. The number of rotatable bonds is 12. The predicted molar refractivity (Wildman–Crippen MR) is 234 cm³/mol. The maximum Gasteiger partial charge on any atom is 0.573 e. The van der Waals surface area contributed by atoms with Crippen molar-refractivity contribution in [1.82, 2.24) is 24.7 Å². The van der Waals surface area contributed by atoms with E-state index in [0.717, 1.165) is 70.7 Å². The molecular formula is C47H44ClF6N7O3. The van der Waals surface area contributed by atoms with Crippen molar-refractivity contribution in [3.05, 3.63) is 154 Å². The highest BCUT2D eigenvalue weighted by Crippen LogP contribution is 2.33. The van der Waals surface area contributed by atoms with Crippen LogP contribution >= 0.6 is 11.6 Å². The molecule has 3 aromatic heterocycles. The van der Waals surface area contributed by atoms with Crippen LogP contribution in [0.15, 0.2) is 115 Å². The summed E-state index contributed by atoms with van der Waals surface area (Å²) in [5.74, 6) is 1.09. The van der Waals surface area contributed by atoms with Gasteiger partial charge in [-0.3, -0.25) is 9.20 Å². The number of benzene rings is 4. The van der Waals surface area contributed by atoms with Gasteiger partial charge in [0.25, 0.3) is 5.91 Å². The van der Waals surface area contributed by atoms with Gasteiger partial charge >= 0.3 is 12.7 Å². The minimum absolute atomic E-state index is 0.200. The van der Waals surface area contributed by atoms with Crippen molar-refractivity contribution >= 4 is 45.6 Å². The number of nitrogens with one attached hydrogen (secondary N) is 2. The van der Waals surface area contributed by atoms with Crippen molar-refractivity contribution in [3.8, 4) is 11.5 Å². The maximum atomic E-state index is 13.0. The standard InChI is InChI=1S/C29H28ClF3N4O2.C18H16F3N3O/c1-2-25-27(37-18-22(30)7-12-26(37)35-25)28(38)34-17-19-3-8-23(9-4-19)36-15-13-21(14-16-36)20-5-10-24(11-6-20)39-29(31,32)33;1-12-23-16-5-3-2-4-15(16)17(24-12)22-11-10-13-6-8-14(9-7-13)25-18(19,20)21/h3-12,18,21H,2,13-17H2,1H3,(H,34,38);2-9H,10-11H2,1H3,(H,22,23,24). The summed E-state index contributed by atoms with van der Waals surface area (Å²) >= 11 is 6.14. The van der Waals surface area contributed by atoms with E-state index in [4.69, 9.17) is 11.6 Å². The van der Waals surface area contributed by atoms with E-state index in [0.29, 0.717) is 48.1 Å². The third-order valence-corrected chi connectivity index (χ3v) is 10.8. The zero-order valence-electron chi connectivity index (χ0n) is 34.8. The molecule has 1 aliphatic rings. The molecule has 7 aromatic rings. The van der Waals surface area contributed by atoms with Crippen LogP contribution in [0.5, 0.6) is 11.5 Å². The highest BCUT2D eigenvalue weighted by atomic mass is 35.5. The lowest BCUT2D eigenvalue weighted by atomic mass is 9.89. The SMILES string of the molecule is CCc1nc2ccc(Cl)cn2c1C(=O)NCc1ccc(N2CCC(c3ccc(OC(F)(F)F)cc3)CC2)cc1.Cc1nc(NCCc2ccc(OC(F)(F)F)cc2)c2ccccc2n1. The van der Waals surface area contributed by atoms with Crippen LogP contribution in [0.25, 0.3) is 16.6 Å². The van der Waals surface area contributed by atoms with Crippen molar-refractivity contribution in [2.45, 2.75) is 64.7 Å². The van der Waals surface area contributed by atoms with Crippen LogP contribution in [-0.2, 0) is 19.4 Å². The number of aryl methyl sites for hydroxylation is 2. The molecule has 4 aromatic carbocycles. The van der Waals surface area contributed by atoms with Gasteiger partial charge in [0.15, 0.2) is 0 Å². The Morgan fingerprint density at radius 2 is 1.41 bits per heavy atom. The predicted octanol–water partition coefficient (Wildman–Crippen LogP) is 11.3. The summed E-state index contributed by atoms with van der Waals surface area (Å²) in [5, 5.41) is 7.73. The number of para-hydroxylation sites is 1. The number of fused-ring (bicyclic) bond motifs is 2. The molecule has 10 nitrogen and oxygen atoms in total. The number of carbonyl (C=O) groups is 1. The molecule has 1 saturated heterocycles. The molecule has 8 rings (SSSR count). The number of hydrogen-bond donors (Lipinski definition) is 2. The molecule has 1 aliphatic heterocycles. The second-order valence-electron chi connectivity index (χ2n) is 15.1. The number of piperidine rings is 1. The van der Waals surface area contributed by atoms with E-state index in [9.17, 15) is 31.1 Å². The van der Waals surface area contributed by atoms with E-state index in [1.807, 2.05) is 50.2 Å². The van der Waals surface area contributed by atoms with Gasteiger partial charge in [-0.2, -0.15) is 0 Å². The molecule has 0 bridgehead atoms. The van der Waals surface area contributed by atoms with E-state index in [1.54, 1.807) is 47.0 Å². The smallest absolute Gasteiger partial charge is 0.406 e. The number of hydrogen-bond acceptors (Lipinski definition) is 8. The Morgan fingerprint density at radius 1 is 0.781 bits per heavy atom. The Hall–Kier alpha value is -6.55. The fraction of sp³-hybridized carbons (Fsp3) is 0.277. The van der Waals surface area contributed by atoms with Crippen molar-refractivity contribution in [2.75, 3.05) is 29.9 Å². The van der Waals surface area contributed by atoms with E-state index < -0.39 is 12.7 Å². The quantitative estimate of drug-likeness (QED) is 0.117. The Bertz CT molecular complexity index is 2670. The Labute approximate surface area is 370 Å². The molecule has 0 atom stereocenters. The minimum atomic E-state index is -4.68. The van der Waals surface area contributed by atoms with Crippen molar-refractivity contribution in [1.29, 1.82) is 0 Å². The fourth-order valence-electron chi connectivity index (χ4n) is 7.57.